The van der Waals surface area contributed by atoms with Gasteiger partial charge in [0.1, 0.15) is 31.5 Å². The molecular weight excluding hydrogens is 704 g/mol. The van der Waals surface area contributed by atoms with Crippen LogP contribution in [-0.2, 0) is 80.9 Å². The first-order chi connectivity index (χ1) is 24.4. The number of carbonyl (C=O) groups is 7. The van der Waals surface area contributed by atoms with Crippen LogP contribution in [0, 0.1) is 0 Å². The van der Waals surface area contributed by atoms with Gasteiger partial charge in [0.2, 0.25) is 5.88 Å². The van der Waals surface area contributed by atoms with Crippen LogP contribution in [0.4, 0.5) is 0 Å². The number of carbonyl (C=O) groups excluding carboxylic acids is 7. The van der Waals surface area contributed by atoms with E-state index in [1.807, 2.05) is 0 Å². The minimum atomic E-state index is -1.85. The van der Waals surface area contributed by atoms with Gasteiger partial charge in [-0.1, -0.05) is 0 Å². The minimum Gasteiger partial charge on any atom is -0.481 e. The van der Waals surface area contributed by atoms with Crippen molar-refractivity contribution >= 4 is 41.8 Å². The van der Waals surface area contributed by atoms with Crippen molar-refractivity contribution in [1.29, 1.82) is 0 Å². The summed E-state index contributed by atoms with van der Waals surface area (Å²) in [7, 11) is 1.27. The summed E-state index contributed by atoms with van der Waals surface area (Å²) in [5.41, 5.74) is -0.951. The maximum atomic E-state index is 13.1. The summed E-state index contributed by atoms with van der Waals surface area (Å²) in [6.45, 7) is 6.03. The molecule has 10 atom stereocenters. The van der Waals surface area contributed by atoms with E-state index in [-0.39, 0.29) is 5.88 Å². The number of hydrogen-bond donors (Lipinski definition) is 0. The lowest BCUT2D eigenvalue weighted by molar-refractivity contribution is -0.349. The lowest BCUT2D eigenvalue weighted by atomic mass is 9.95. The SMILES string of the molecule is COc1ccn([C@@H]2O[C@H](COC(C)=O)[C@@H](O[C@H]3O[C@@H](COC(C)=O)[C@H](OC(C)=O)[C@@H](OC(C)=O)[C@@H]3OC(C)=O)[C@H](OC(C)=O)[C@H]2OC(C)=O)c(=O)n1. The van der Waals surface area contributed by atoms with Gasteiger partial charge in [-0.15, -0.1) is 0 Å². The van der Waals surface area contributed by atoms with Crippen LogP contribution >= 0.6 is 0 Å². The molecule has 0 radical (unpaired) electrons. The number of methoxy groups -OCH3 is 1. The van der Waals surface area contributed by atoms with Crippen molar-refractivity contribution in [1.82, 2.24) is 9.55 Å². The summed E-state index contributed by atoms with van der Waals surface area (Å²) in [5.74, 6) is -6.25. The molecule has 0 bridgehead atoms. The Labute approximate surface area is 295 Å². The highest BCUT2D eigenvalue weighted by Gasteiger charge is 2.57. The van der Waals surface area contributed by atoms with Crippen LogP contribution in [-0.4, -0.2) is 127 Å². The maximum absolute atomic E-state index is 13.1. The standard InChI is InChI=1S/C31H40N2O19/c1-13(34)43-11-20-24(25(46-16(4)37)27(48-18(6)39)29(50-20)33-10-9-22(42-8)32-31(33)41)52-30-28(49-19(7)40)26(47-17(5)38)23(45-15(3)36)21(51-30)12-44-14(2)35/h9-10,20-21,23-30H,11-12H2,1-8H3/t20-,21+,23+,24-,25+,26-,27-,28+,29-,30-/m1/s1. The van der Waals surface area contributed by atoms with Crippen LogP contribution in [0.1, 0.15) is 54.7 Å². The molecule has 288 valence electrons. The summed E-state index contributed by atoms with van der Waals surface area (Å²) in [4.78, 5) is 103. The molecule has 1 aromatic heterocycles. The van der Waals surface area contributed by atoms with Crippen molar-refractivity contribution in [3.8, 4) is 5.88 Å². The second-order valence-electron chi connectivity index (χ2n) is 11.3. The number of ether oxygens (including phenoxy) is 11. The van der Waals surface area contributed by atoms with Crippen LogP contribution in [0.5, 0.6) is 5.88 Å². The number of esters is 7. The molecule has 2 fully saturated rings. The lowest BCUT2D eigenvalue weighted by Crippen LogP contribution is -2.66. The smallest absolute Gasteiger partial charge is 0.353 e. The van der Waals surface area contributed by atoms with Crippen molar-refractivity contribution in [2.75, 3.05) is 20.3 Å². The van der Waals surface area contributed by atoms with Gasteiger partial charge in [-0.3, -0.25) is 38.1 Å². The van der Waals surface area contributed by atoms with Gasteiger partial charge in [0.15, 0.2) is 43.0 Å². The van der Waals surface area contributed by atoms with Crippen molar-refractivity contribution in [3.63, 3.8) is 0 Å². The monoisotopic (exact) mass is 744 g/mol. The molecule has 3 rings (SSSR count). The summed E-state index contributed by atoms with van der Waals surface area (Å²) < 4.78 is 62.1. The molecule has 0 aromatic carbocycles. The molecule has 2 aliphatic rings. The van der Waals surface area contributed by atoms with Gasteiger partial charge < -0.3 is 52.1 Å². The second kappa shape index (κ2) is 18.4. The van der Waals surface area contributed by atoms with Gasteiger partial charge in [0.25, 0.3) is 0 Å². The van der Waals surface area contributed by atoms with E-state index in [2.05, 4.69) is 4.98 Å². The molecule has 0 amide bonds. The zero-order valence-electron chi connectivity index (χ0n) is 29.5. The lowest BCUT2D eigenvalue weighted by Gasteiger charge is -2.48. The predicted octanol–water partition coefficient (Wildman–Crippen LogP) is -0.956. The van der Waals surface area contributed by atoms with E-state index in [0.717, 1.165) is 53.0 Å². The van der Waals surface area contributed by atoms with E-state index < -0.39 is 122 Å². The molecule has 0 unspecified atom stereocenters. The van der Waals surface area contributed by atoms with Crippen LogP contribution in [0.3, 0.4) is 0 Å². The van der Waals surface area contributed by atoms with Gasteiger partial charge in [-0.2, -0.15) is 4.98 Å². The molecule has 2 saturated heterocycles. The highest BCUT2D eigenvalue weighted by atomic mass is 16.8. The highest BCUT2D eigenvalue weighted by molar-refractivity contribution is 5.69. The van der Waals surface area contributed by atoms with E-state index in [0.29, 0.717) is 0 Å². The second-order valence-corrected chi connectivity index (χ2v) is 11.3. The molecule has 2 aliphatic heterocycles. The van der Waals surface area contributed by atoms with Crippen LogP contribution in [0.15, 0.2) is 17.1 Å². The number of rotatable bonds is 13. The molecule has 0 saturated carbocycles. The molecule has 0 N–H and O–H groups in total. The van der Waals surface area contributed by atoms with E-state index in [4.69, 9.17) is 52.1 Å². The third-order valence-corrected chi connectivity index (χ3v) is 7.19. The van der Waals surface area contributed by atoms with Crippen LogP contribution in [0.25, 0.3) is 0 Å². The first-order valence-electron chi connectivity index (χ1n) is 15.6. The minimum absolute atomic E-state index is 0.0704. The normalized spacial score (nSPS) is 28.3. The Morgan fingerprint density at radius 2 is 1.06 bits per heavy atom. The van der Waals surface area contributed by atoms with Crippen molar-refractivity contribution in [3.05, 3.63) is 22.7 Å². The first kappa shape index (κ1) is 41.3. The highest BCUT2D eigenvalue weighted by Crippen LogP contribution is 2.37. The third kappa shape index (κ3) is 11.2. The van der Waals surface area contributed by atoms with E-state index in [9.17, 15) is 38.4 Å². The van der Waals surface area contributed by atoms with Crippen LogP contribution < -0.4 is 10.4 Å². The van der Waals surface area contributed by atoms with Gasteiger partial charge in [0, 0.05) is 60.7 Å². The van der Waals surface area contributed by atoms with Gasteiger partial charge >= 0.3 is 47.5 Å². The van der Waals surface area contributed by atoms with Gasteiger partial charge in [0.05, 0.1) is 7.11 Å². The Hall–Kier alpha value is -5.15. The van der Waals surface area contributed by atoms with Crippen molar-refractivity contribution < 1.29 is 85.7 Å². The summed E-state index contributed by atoms with van der Waals surface area (Å²) in [6.07, 6.45) is -15.2. The topological polar surface area (TPSA) is 256 Å². The Bertz CT molecular complexity index is 1560. The molecule has 0 aliphatic carbocycles. The Balaban J connectivity index is 2.23. The zero-order valence-corrected chi connectivity index (χ0v) is 29.5. The molecule has 3 heterocycles. The molecule has 0 spiro atoms. The largest absolute Gasteiger partial charge is 0.481 e. The third-order valence-electron chi connectivity index (χ3n) is 7.19. The molecule has 21 heteroatoms. The van der Waals surface area contributed by atoms with Crippen molar-refractivity contribution in [2.45, 2.75) is 110 Å². The average Bonchev–Trinajstić information content (AvgIpc) is 3.02. The molecule has 52 heavy (non-hydrogen) atoms. The summed E-state index contributed by atoms with van der Waals surface area (Å²) >= 11 is 0. The summed E-state index contributed by atoms with van der Waals surface area (Å²) in [5, 5.41) is 0. The number of nitrogens with zero attached hydrogens (tertiary/aromatic N) is 2. The van der Waals surface area contributed by atoms with E-state index >= 15 is 0 Å². The summed E-state index contributed by atoms with van der Waals surface area (Å²) in [6, 6.07) is 1.29. The number of aromatic nitrogens is 2. The van der Waals surface area contributed by atoms with E-state index in [1.54, 1.807) is 0 Å². The fourth-order valence-corrected chi connectivity index (χ4v) is 5.42. The average molecular weight is 745 g/mol. The van der Waals surface area contributed by atoms with E-state index in [1.165, 1.54) is 19.4 Å². The molecule has 21 nitrogen and oxygen atoms in total. The van der Waals surface area contributed by atoms with Crippen LogP contribution in [0.2, 0.25) is 0 Å². The first-order valence-corrected chi connectivity index (χ1v) is 15.6. The van der Waals surface area contributed by atoms with Crippen molar-refractivity contribution in [2.24, 2.45) is 0 Å². The maximum Gasteiger partial charge on any atom is 0.353 e. The Kier molecular flexibility index (Phi) is 14.6. The van der Waals surface area contributed by atoms with Gasteiger partial charge in [-0.05, 0) is 0 Å². The molecular formula is C31H40N2O19. The molecule has 1 aromatic rings. The fourth-order valence-electron chi connectivity index (χ4n) is 5.42. The van der Waals surface area contributed by atoms with Gasteiger partial charge in [-0.25, -0.2) is 4.79 Å². The predicted molar refractivity (Wildman–Crippen MR) is 164 cm³/mol. The quantitative estimate of drug-likeness (QED) is 0.174. The Morgan fingerprint density at radius 3 is 1.52 bits per heavy atom. The number of hydrogen-bond acceptors (Lipinski definition) is 20. The Morgan fingerprint density at radius 1 is 0.615 bits per heavy atom. The zero-order chi connectivity index (χ0) is 38.9. The fraction of sp³-hybridized carbons (Fsp3) is 0.645.